The molecule has 0 aliphatic carbocycles. The predicted molar refractivity (Wildman–Crippen MR) is 79.2 cm³/mol. The summed E-state index contributed by atoms with van der Waals surface area (Å²) in [6.07, 6.45) is 1.08. The molecule has 0 amide bonds. The van der Waals surface area contributed by atoms with Gasteiger partial charge >= 0.3 is 0 Å². The van der Waals surface area contributed by atoms with Crippen LogP contribution < -0.4 is 5.73 Å². The van der Waals surface area contributed by atoms with E-state index in [4.69, 9.17) is 10.5 Å². The summed E-state index contributed by atoms with van der Waals surface area (Å²) in [5, 5.41) is 0. The van der Waals surface area contributed by atoms with Crippen LogP contribution in [0.25, 0.3) is 0 Å². The average molecular weight is 262 g/mol. The lowest BCUT2D eigenvalue weighted by Gasteiger charge is -2.39. The minimum atomic E-state index is -0.0515. The third-order valence-electron chi connectivity index (χ3n) is 3.78. The van der Waals surface area contributed by atoms with Gasteiger partial charge in [0.25, 0.3) is 0 Å². The first kappa shape index (κ1) is 14.5. The number of hydrogen-bond donors (Lipinski definition) is 1. The first-order valence-electron chi connectivity index (χ1n) is 7.21. The zero-order valence-electron chi connectivity index (χ0n) is 12.4. The summed E-state index contributed by atoms with van der Waals surface area (Å²) in [6.45, 7) is 10.1. The Morgan fingerprint density at radius 3 is 2.58 bits per heavy atom. The Hall–Kier alpha value is -0.900. The van der Waals surface area contributed by atoms with Crippen LogP contribution in [0.3, 0.4) is 0 Å². The van der Waals surface area contributed by atoms with Crippen molar-refractivity contribution in [2.45, 2.75) is 38.8 Å². The predicted octanol–water partition coefficient (Wildman–Crippen LogP) is 2.36. The molecule has 0 aromatic heterocycles. The van der Waals surface area contributed by atoms with Gasteiger partial charge in [0.05, 0.1) is 12.2 Å². The lowest BCUT2D eigenvalue weighted by Crippen LogP contribution is -2.50. The highest BCUT2D eigenvalue weighted by Gasteiger charge is 2.27. The van der Waals surface area contributed by atoms with Crippen molar-refractivity contribution >= 4 is 0 Å². The maximum atomic E-state index is 6.32. The third-order valence-corrected chi connectivity index (χ3v) is 3.78. The van der Waals surface area contributed by atoms with Crippen LogP contribution in [0.1, 0.15) is 37.9 Å². The van der Waals surface area contributed by atoms with Crippen LogP contribution in [-0.2, 0) is 11.2 Å². The molecule has 1 aliphatic rings. The Kier molecular flexibility index (Phi) is 4.61. The molecule has 2 rings (SSSR count). The van der Waals surface area contributed by atoms with E-state index in [9.17, 15) is 0 Å². The molecular weight excluding hydrogens is 236 g/mol. The van der Waals surface area contributed by atoms with Crippen LogP contribution in [0, 0.1) is 0 Å². The summed E-state index contributed by atoms with van der Waals surface area (Å²) in [7, 11) is 0. The van der Waals surface area contributed by atoms with Gasteiger partial charge in [-0.15, -0.1) is 0 Å². The Morgan fingerprint density at radius 1 is 1.32 bits per heavy atom. The van der Waals surface area contributed by atoms with Gasteiger partial charge in [-0.25, -0.2) is 0 Å². The molecule has 1 aliphatic heterocycles. The molecule has 2 N–H and O–H groups in total. The molecule has 1 aromatic carbocycles. The average Bonchev–Trinajstić information content (AvgIpc) is 2.37. The van der Waals surface area contributed by atoms with E-state index in [1.54, 1.807) is 0 Å². The molecule has 0 radical (unpaired) electrons. The fourth-order valence-corrected chi connectivity index (χ4v) is 2.65. The highest BCUT2D eigenvalue weighted by Crippen LogP contribution is 2.19. The standard InChI is InChI=1S/C16H26N2O/c1-4-13-5-7-14(8-6-13)15(17)11-18-9-10-19-16(2,3)12-18/h5-8,15H,4,9-12,17H2,1-3H3. The van der Waals surface area contributed by atoms with Crippen molar-refractivity contribution in [2.24, 2.45) is 5.73 Å². The molecule has 1 heterocycles. The highest BCUT2D eigenvalue weighted by atomic mass is 16.5. The molecule has 1 saturated heterocycles. The van der Waals surface area contributed by atoms with Gasteiger partial charge in [-0.3, -0.25) is 4.90 Å². The first-order chi connectivity index (χ1) is 9.00. The van der Waals surface area contributed by atoms with Gasteiger partial charge in [0.15, 0.2) is 0 Å². The summed E-state index contributed by atoms with van der Waals surface area (Å²) < 4.78 is 5.73. The molecule has 0 saturated carbocycles. The van der Waals surface area contributed by atoms with Crippen LogP contribution in [0.5, 0.6) is 0 Å². The second kappa shape index (κ2) is 6.04. The van der Waals surface area contributed by atoms with Crippen LogP contribution in [-0.4, -0.2) is 36.7 Å². The van der Waals surface area contributed by atoms with E-state index in [0.717, 1.165) is 32.7 Å². The molecule has 1 unspecified atom stereocenters. The lowest BCUT2D eigenvalue weighted by molar-refractivity contribution is -0.0869. The zero-order chi connectivity index (χ0) is 13.9. The Morgan fingerprint density at radius 2 is 2.00 bits per heavy atom. The normalized spacial score (nSPS) is 21.3. The van der Waals surface area contributed by atoms with Gasteiger partial charge in [0, 0.05) is 25.7 Å². The Balaban J connectivity index is 1.94. The van der Waals surface area contributed by atoms with Gasteiger partial charge in [-0.1, -0.05) is 31.2 Å². The molecule has 0 spiro atoms. The number of nitrogens with zero attached hydrogens (tertiary/aromatic N) is 1. The van der Waals surface area contributed by atoms with Crippen molar-refractivity contribution in [1.29, 1.82) is 0 Å². The van der Waals surface area contributed by atoms with Crippen LogP contribution in [0.15, 0.2) is 24.3 Å². The summed E-state index contributed by atoms with van der Waals surface area (Å²) in [4.78, 5) is 2.40. The topological polar surface area (TPSA) is 38.5 Å². The summed E-state index contributed by atoms with van der Waals surface area (Å²) in [5.74, 6) is 0. The molecule has 106 valence electrons. The fraction of sp³-hybridized carbons (Fsp3) is 0.625. The van der Waals surface area contributed by atoms with E-state index in [1.807, 2.05) is 0 Å². The molecular formula is C16H26N2O. The number of ether oxygens (including phenoxy) is 1. The maximum absolute atomic E-state index is 6.32. The van der Waals surface area contributed by atoms with Crippen LogP contribution >= 0.6 is 0 Å². The van der Waals surface area contributed by atoms with E-state index in [1.165, 1.54) is 11.1 Å². The van der Waals surface area contributed by atoms with E-state index < -0.39 is 0 Å². The van der Waals surface area contributed by atoms with Gasteiger partial charge in [-0.2, -0.15) is 0 Å². The summed E-state index contributed by atoms with van der Waals surface area (Å²) in [6, 6.07) is 8.76. The number of nitrogens with two attached hydrogens (primary N) is 1. The third kappa shape index (κ3) is 4.03. The number of rotatable bonds is 4. The SMILES string of the molecule is CCc1ccc(C(N)CN2CCOC(C)(C)C2)cc1. The fourth-order valence-electron chi connectivity index (χ4n) is 2.65. The van der Waals surface area contributed by atoms with Crippen molar-refractivity contribution in [3.8, 4) is 0 Å². The smallest absolute Gasteiger partial charge is 0.0753 e. The van der Waals surface area contributed by atoms with E-state index in [2.05, 4.69) is 49.9 Å². The van der Waals surface area contributed by atoms with Crippen molar-refractivity contribution in [2.75, 3.05) is 26.2 Å². The van der Waals surface area contributed by atoms with Crippen molar-refractivity contribution in [1.82, 2.24) is 4.90 Å². The van der Waals surface area contributed by atoms with Crippen LogP contribution in [0.4, 0.5) is 0 Å². The minimum Gasteiger partial charge on any atom is -0.373 e. The van der Waals surface area contributed by atoms with Crippen molar-refractivity contribution in [3.05, 3.63) is 35.4 Å². The minimum absolute atomic E-state index is 0.0515. The molecule has 19 heavy (non-hydrogen) atoms. The lowest BCUT2D eigenvalue weighted by atomic mass is 10.0. The zero-order valence-corrected chi connectivity index (χ0v) is 12.4. The summed E-state index contributed by atoms with van der Waals surface area (Å²) in [5.41, 5.74) is 8.86. The van der Waals surface area contributed by atoms with E-state index in [0.29, 0.717) is 0 Å². The largest absolute Gasteiger partial charge is 0.373 e. The molecule has 0 bridgehead atoms. The van der Waals surface area contributed by atoms with Crippen molar-refractivity contribution in [3.63, 3.8) is 0 Å². The highest BCUT2D eigenvalue weighted by molar-refractivity contribution is 5.25. The quantitative estimate of drug-likeness (QED) is 0.905. The number of benzene rings is 1. The number of aryl methyl sites for hydroxylation is 1. The second-order valence-corrected chi connectivity index (χ2v) is 6.04. The molecule has 3 heteroatoms. The van der Waals surface area contributed by atoms with Gasteiger partial charge in [0.2, 0.25) is 0 Å². The van der Waals surface area contributed by atoms with Gasteiger partial charge in [0.1, 0.15) is 0 Å². The monoisotopic (exact) mass is 262 g/mol. The molecule has 1 fully saturated rings. The first-order valence-corrected chi connectivity index (χ1v) is 7.21. The summed E-state index contributed by atoms with van der Waals surface area (Å²) >= 11 is 0. The number of hydrogen-bond acceptors (Lipinski definition) is 3. The van der Waals surface area contributed by atoms with Crippen LogP contribution in [0.2, 0.25) is 0 Å². The second-order valence-electron chi connectivity index (χ2n) is 6.04. The maximum Gasteiger partial charge on any atom is 0.0753 e. The van der Waals surface area contributed by atoms with E-state index >= 15 is 0 Å². The Bertz CT molecular complexity index is 400. The molecule has 1 aromatic rings. The molecule has 1 atom stereocenters. The number of morpholine rings is 1. The van der Waals surface area contributed by atoms with E-state index in [-0.39, 0.29) is 11.6 Å². The van der Waals surface area contributed by atoms with Gasteiger partial charge in [-0.05, 0) is 31.4 Å². The Labute approximate surface area is 116 Å². The van der Waals surface area contributed by atoms with Crippen molar-refractivity contribution < 1.29 is 4.74 Å². The van der Waals surface area contributed by atoms with Gasteiger partial charge < -0.3 is 10.5 Å². The molecule has 3 nitrogen and oxygen atoms in total.